The summed E-state index contributed by atoms with van der Waals surface area (Å²) in [5.74, 6) is 1.28. The second-order valence-electron chi connectivity index (χ2n) is 13.3. The predicted molar refractivity (Wildman–Crippen MR) is 173 cm³/mol. The van der Waals surface area contributed by atoms with Gasteiger partial charge in [0.1, 0.15) is 12.2 Å². The van der Waals surface area contributed by atoms with E-state index in [-0.39, 0.29) is 29.4 Å². The number of amides is 1. The van der Waals surface area contributed by atoms with Crippen LogP contribution in [0.15, 0.2) is 30.2 Å². The first-order valence-electron chi connectivity index (χ1n) is 15.2. The Morgan fingerprint density at radius 3 is 2.43 bits per heavy atom. The van der Waals surface area contributed by atoms with Gasteiger partial charge in [0.05, 0.1) is 11.4 Å². The molecule has 1 fully saturated rings. The molecule has 0 aromatic carbocycles. The van der Waals surface area contributed by atoms with Gasteiger partial charge in [0.2, 0.25) is 5.91 Å². The van der Waals surface area contributed by atoms with Gasteiger partial charge in [-0.05, 0) is 85.6 Å². The molecule has 1 N–H and O–H groups in total. The third-order valence-electron chi connectivity index (χ3n) is 8.98. The lowest BCUT2D eigenvalue weighted by Crippen LogP contribution is -2.59. The minimum Gasteiger partial charge on any atom is -0.357 e. The van der Waals surface area contributed by atoms with E-state index in [1.165, 1.54) is 11.1 Å². The van der Waals surface area contributed by atoms with Gasteiger partial charge in [0, 0.05) is 66.7 Å². The molecule has 4 rings (SSSR count). The van der Waals surface area contributed by atoms with E-state index in [1.807, 2.05) is 15.5 Å². The van der Waals surface area contributed by atoms with E-state index in [9.17, 15) is 4.79 Å². The van der Waals surface area contributed by atoms with E-state index >= 15 is 0 Å². The zero-order valence-electron chi connectivity index (χ0n) is 27.5. The molecule has 0 radical (unpaired) electrons. The number of pyridine rings is 1. The number of hydrogen-bond acceptors (Lipinski definition) is 5. The molecule has 228 valence electrons. The number of aromatic amines is 1. The average molecular weight is 575 g/mol. The molecule has 1 saturated heterocycles. The Kier molecular flexibility index (Phi) is 9.02. The molecule has 3 aromatic heterocycles. The monoisotopic (exact) mass is 574 g/mol. The Labute approximate surface area is 251 Å². The van der Waals surface area contributed by atoms with Gasteiger partial charge in [-0.15, -0.1) is 0 Å². The molecular formula is C33H50N8O. The number of fused-ring (bicyclic) bond motifs is 1. The molecule has 2 atom stereocenters. The lowest BCUT2D eigenvalue weighted by atomic mass is 9.95. The second kappa shape index (κ2) is 12.0. The van der Waals surface area contributed by atoms with Crippen molar-refractivity contribution in [1.82, 2.24) is 34.3 Å². The van der Waals surface area contributed by atoms with Crippen LogP contribution in [-0.2, 0) is 4.79 Å². The normalized spacial score (nSPS) is 18.5. The number of aliphatic imine (C=N–C) groups is 1. The largest absolute Gasteiger partial charge is 0.357 e. The molecule has 0 spiro atoms. The molecule has 4 heterocycles. The fourth-order valence-corrected chi connectivity index (χ4v) is 5.88. The third kappa shape index (κ3) is 6.02. The summed E-state index contributed by atoms with van der Waals surface area (Å²) in [5.41, 5.74) is 8.52. The van der Waals surface area contributed by atoms with E-state index in [1.54, 1.807) is 6.33 Å². The summed E-state index contributed by atoms with van der Waals surface area (Å²) < 4.78 is 1.85. The van der Waals surface area contributed by atoms with E-state index < -0.39 is 0 Å². The minimum atomic E-state index is 0.0406. The van der Waals surface area contributed by atoms with Gasteiger partial charge in [-0.2, -0.15) is 5.10 Å². The van der Waals surface area contributed by atoms with Crippen LogP contribution in [0.4, 0.5) is 5.69 Å². The molecule has 9 nitrogen and oxygen atoms in total. The number of H-pyrrole nitrogens is 1. The average Bonchev–Trinajstić information content (AvgIpc) is 3.52. The molecule has 42 heavy (non-hydrogen) atoms. The Morgan fingerprint density at radius 1 is 1.17 bits per heavy atom. The van der Waals surface area contributed by atoms with Gasteiger partial charge in [-0.1, -0.05) is 20.4 Å². The highest BCUT2D eigenvalue weighted by atomic mass is 16.2. The van der Waals surface area contributed by atoms with Crippen LogP contribution in [0.5, 0.6) is 0 Å². The van der Waals surface area contributed by atoms with Crippen LogP contribution in [0.2, 0.25) is 0 Å². The summed E-state index contributed by atoms with van der Waals surface area (Å²) >= 11 is 0. The van der Waals surface area contributed by atoms with Crippen LogP contribution in [0.3, 0.4) is 0 Å². The summed E-state index contributed by atoms with van der Waals surface area (Å²) in [6.45, 7) is 27.8. The van der Waals surface area contributed by atoms with Crippen molar-refractivity contribution in [3.8, 4) is 11.3 Å². The van der Waals surface area contributed by atoms with Crippen molar-refractivity contribution in [2.75, 3.05) is 26.7 Å². The van der Waals surface area contributed by atoms with Crippen LogP contribution in [0.25, 0.3) is 16.9 Å². The first-order valence-corrected chi connectivity index (χ1v) is 15.2. The number of carbonyl (C=O) groups is 1. The highest BCUT2D eigenvalue weighted by Gasteiger charge is 2.33. The molecule has 1 aliphatic rings. The van der Waals surface area contributed by atoms with Crippen molar-refractivity contribution in [2.24, 2.45) is 4.99 Å². The fraction of sp³-hybridized carbons (Fsp3) is 0.576. The first-order chi connectivity index (χ1) is 19.6. The van der Waals surface area contributed by atoms with Crippen molar-refractivity contribution in [3.05, 3.63) is 47.6 Å². The molecule has 9 heteroatoms. The minimum absolute atomic E-state index is 0.0406. The molecule has 3 aromatic rings. The van der Waals surface area contributed by atoms with Crippen LogP contribution in [-0.4, -0.2) is 90.3 Å². The number of rotatable bonds is 7. The molecule has 0 saturated carbocycles. The zero-order chi connectivity index (χ0) is 31.1. The van der Waals surface area contributed by atoms with Gasteiger partial charge in [0.25, 0.3) is 0 Å². The second-order valence-corrected chi connectivity index (χ2v) is 13.3. The lowest BCUT2D eigenvalue weighted by Gasteiger charge is -2.45. The molecule has 1 aliphatic heterocycles. The van der Waals surface area contributed by atoms with Crippen molar-refractivity contribution >= 4 is 23.1 Å². The predicted octanol–water partition coefficient (Wildman–Crippen LogP) is 6.03. The van der Waals surface area contributed by atoms with E-state index in [0.29, 0.717) is 19.5 Å². The Balaban J connectivity index is 1.64. The zero-order valence-corrected chi connectivity index (χ0v) is 27.5. The number of nitrogens with one attached hydrogen (secondary N) is 1. The number of amidine groups is 1. The van der Waals surface area contributed by atoms with Gasteiger partial charge in [0.15, 0.2) is 5.65 Å². The Bertz CT molecular complexity index is 1490. The molecule has 0 unspecified atom stereocenters. The van der Waals surface area contributed by atoms with Crippen molar-refractivity contribution in [3.63, 3.8) is 0 Å². The van der Waals surface area contributed by atoms with Crippen molar-refractivity contribution in [1.29, 1.82) is 0 Å². The third-order valence-corrected chi connectivity index (χ3v) is 8.98. The van der Waals surface area contributed by atoms with Gasteiger partial charge < -0.3 is 19.7 Å². The molecule has 1 amide bonds. The number of aryl methyl sites for hydroxylation is 2. The summed E-state index contributed by atoms with van der Waals surface area (Å²) in [5, 5.41) is 4.41. The maximum atomic E-state index is 13.3. The topological polar surface area (TPSA) is 85.1 Å². The Hall–Kier alpha value is -3.46. The van der Waals surface area contributed by atoms with E-state index in [4.69, 9.17) is 4.99 Å². The summed E-state index contributed by atoms with van der Waals surface area (Å²) in [7, 11) is 2.08. The van der Waals surface area contributed by atoms with Crippen LogP contribution in [0.1, 0.15) is 83.2 Å². The number of nitrogens with zero attached hydrogens (tertiary/aromatic N) is 7. The standard InChI is InChI=1S/C33H50N8O/c1-13-27(39-16-22(5)40(17-21(39)4)28(42)14-15-38(12)33(9,10)11)37-30-25(8)36-31(29(30)20(2)3)26-18-41-32(34-19-35-41)24(7)23(26)6/h13,18-22,36H,1,14-17H2,2-12H3/b37-27+/t21-,22+/m0/s1. The fourth-order valence-electron chi connectivity index (χ4n) is 5.88. The lowest BCUT2D eigenvalue weighted by molar-refractivity contribution is -0.136. The summed E-state index contributed by atoms with van der Waals surface area (Å²) in [6, 6.07) is 0.189. The summed E-state index contributed by atoms with van der Waals surface area (Å²) in [4.78, 5) is 33.2. The maximum absolute atomic E-state index is 13.3. The van der Waals surface area contributed by atoms with Crippen LogP contribution in [0, 0.1) is 20.8 Å². The van der Waals surface area contributed by atoms with Crippen LogP contribution >= 0.6 is 0 Å². The Morgan fingerprint density at radius 2 is 1.81 bits per heavy atom. The van der Waals surface area contributed by atoms with Gasteiger partial charge >= 0.3 is 0 Å². The SMILES string of the molecule is C=C/C(=N\c1c(C)[nH]c(-c2cn3ncnc3c(C)c2C)c1C(C)C)N1C[C@@H](C)N(C(=O)CCN(C)C(C)(C)C)C[C@@H]1C. The van der Waals surface area contributed by atoms with E-state index in [0.717, 1.165) is 46.2 Å². The van der Waals surface area contributed by atoms with Gasteiger partial charge in [-0.25, -0.2) is 14.5 Å². The summed E-state index contributed by atoms with van der Waals surface area (Å²) in [6.07, 6.45) is 6.03. The number of piperazine rings is 1. The van der Waals surface area contributed by atoms with Crippen LogP contribution < -0.4 is 0 Å². The van der Waals surface area contributed by atoms with Crippen molar-refractivity contribution < 1.29 is 4.79 Å². The first kappa shape index (κ1) is 31.5. The number of hydrogen-bond donors (Lipinski definition) is 1. The number of carbonyl (C=O) groups excluding carboxylic acids is 1. The van der Waals surface area contributed by atoms with Crippen molar-refractivity contribution in [2.45, 2.75) is 99.2 Å². The molecule has 0 bridgehead atoms. The molecular weight excluding hydrogens is 524 g/mol. The quantitative estimate of drug-likeness (QED) is 0.275. The number of aromatic nitrogens is 4. The highest BCUT2D eigenvalue weighted by molar-refractivity contribution is 5.96. The smallest absolute Gasteiger partial charge is 0.224 e. The highest BCUT2D eigenvalue weighted by Crippen LogP contribution is 2.41. The maximum Gasteiger partial charge on any atom is 0.224 e. The van der Waals surface area contributed by atoms with Gasteiger partial charge in [-0.3, -0.25) is 4.79 Å². The van der Waals surface area contributed by atoms with E-state index in [2.05, 4.69) is 114 Å². The molecule has 0 aliphatic carbocycles.